The van der Waals surface area contributed by atoms with Gasteiger partial charge in [0.15, 0.2) is 0 Å². The van der Waals surface area contributed by atoms with Crippen molar-refractivity contribution in [3.8, 4) is 5.75 Å². The van der Waals surface area contributed by atoms with Crippen molar-refractivity contribution in [2.75, 3.05) is 11.9 Å². The lowest BCUT2D eigenvalue weighted by Gasteiger charge is -2.07. The Hall–Kier alpha value is -3.72. The van der Waals surface area contributed by atoms with Crippen LogP contribution in [-0.2, 0) is 4.79 Å². The zero-order chi connectivity index (χ0) is 23.0. The molecule has 4 aromatic carbocycles. The Bertz CT molecular complexity index is 1320. The molecule has 0 bridgehead atoms. The van der Waals surface area contributed by atoms with Gasteiger partial charge in [-0.2, -0.15) is 5.10 Å². The highest BCUT2D eigenvalue weighted by Crippen LogP contribution is 2.19. The number of nitrogens with one attached hydrogen (secondary N) is 2. The molecule has 4 rings (SSSR count). The third-order valence-electron chi connectivity index (χ3n) is 4.79. The topological polar surface area (TPSA) is 79.8 Å². The number of hydrogen-bond donors (Lipinski definition) is 2. The van der Waals surface area contributed by atoms with Crippen LogP contribution < -0.4 is 15.5 Å². The van der Waals surface area contributed by atoms with Crippen LogP contribution in [0.2, 0.25) is 0 Å². The molecule has 0 saturated carbocycles. The number of carbonyl (C=O) groups is 2. The van der Waals surface area contributed by atoms with E-state index in [1.165, 1.54) is 6.21 Å². The van der Waals surface area contributed by atoms with E-state index < -0.39 is 5.97 Å². The Morgan fingerprint density at radius 2 is 1.61 bits per heavy atom. The summed E-state index contributed by atoms with van der Waals surface area (Å²) in [7, 11) is 0. The first kappa shape index (κ1) is 22.5. The molecule has 0 fully saturated rings. The van der Waals surface area contributed by atoms with Gasteiger partial charge in [-0.3, -0.25) is 4.79 Å². The molecule has 164 valence electrons. The first-order valence-corrected chi connectivity index (χ1v) is 11.3. The molecule has 0 aromatic heterocycles. The molecule has 6 nitrogen and oxygen atoms in total. The minimum absolute atomic E-state index is 0.100. The fourth-order valence-electron chi connectivity index (χ4n) is 3.11. The van der Waals surface area contributed by atoms with Crippen molar-refractivity contribution in [3.63, 3.8) is 0 Å². The predicted octanol–water partition coefficient (Wildman–Crippen LogP) is 5.23. The lowest BCUT2D eigenvalue weighted by molar-refractivity contribution is -0.119. The Balaban J connectivity index is 1.26. The number of amides is 1. The van der Waals surface area contributed by atoms with Crippen LogP contribution in [-0.4, -0.2) is 24.6 Å². The zero-order valence-electron chi connectivity index (χ0n) is 17.5. The summed E-state index contributed by atoms with van der Waals surface area (Å²) in [5.41, 5.74) is 4.63. The number of hydrogen-bond acceptors (Lipinski definition) is 5. The number of esters is 1. The van der Waals surface area contributed by atoms with E-state index in [0.717, 1.165) is 25.6 Å². The third-order valence-corrected chi connectivity index (χ3v) is 5.73. The Labute approximate surface area is 204 Å². The van der Waals surface area contributed by atoms with Gasteiger partial charge in [-0.05, 0) is 87.5 Å². The molecule has 7 heteroatoms. The molecule has 0 atom stereocenters. The summed E-state index contributed by atoms with van der Waals surface area (Å²) in [6, 6.07) is 28.1. The van der Waals surface area contributed by atoms with Crippen molar-refractivity contribution in [1.82, 2.24) is 5.43 Å². The Kier molecular flexibility index (Phi) is 7.31. The summed E-state index contributed by atoms with van der Waals surface area (Å²) >= 11 is 2.10. The van der Waals surface area contributed by atoms with Gasteiger partial charge in [-0.25, -0.2) is 10.2 Å². The second kappa shape index (κ2) is 10.7. The number of nitrogens with zero attached hydrogens (tertiary/aromatic N) is 1. The summed E-state index contributed by atoms with van der Waals surface area (Å²) in [6.07, 6.45) is 1.53. The van der Waals surface area contributed by atoms with Crippen LogP contribution in [0.3, 0.4) is 0 Å². The third kappa shape index (κ3) is 6.17. The van der Waals surface area contributed by atoms with Crippen LogP contribution >= 0.6 is 22.6 Å². The van der Waals surface area contributed by atoms with E-state index >= 15 is 0 Å². The highest BCUT2D eigenvalue weighted by molar-refractivity contribution is 14.1. The van der Waals surface area contributed by atoms with Gasteiger partial charge in [0, 0.05) is 9.26 Å². The van der Waals surface area contributed by atoms with Gasteiger partial charge in [-0.15, -0.1) is 0 Å². The van der Waals surface area contributed by atoms with Crippen molar-refractivity contribution in [2.24, 2.45) is 5.10 Å². The molecule has 0 aliphatic carbocycles. The summed E-state index contributed by atoms with van der Waals surface area (Å²) in [6.45, 7) is 0.100. The fraction of sp³-hybridized carbons (Fsp3) is 0.0385. The van der Waals surface area contributed by atoms with E-state index in [-0.39, 0.29) is 12.5 Å². The van der Waals surface area contributed by atoms with E-state index in [0.29, 0.717) is 11.3 Å². The van der Waals surface area contributed by atoms with Gasteiger partial charge in [0.1, 0.15) is 5.75 Å². The summed E-state index contributed by atoms with van der Waals surface area (Å²) in [5.74, 6) is -0.240. The summed E-state index contributed by atoms with van der Waals surface area (Å²) < 4.78 is 6.24. The molecule has 0 aliphatic heterocycles. The maximum absolute atomic E-state index is 12.3. The molecule has 0 saturated heterocycles. The van der Waals surface area contributed by atoms with Crippen LogP contribution in [0.1, 0.15) is 15.9 Å². The standard InChI is InChI=1S/C26H20IN3O3/c27-24-8-4-3-7-23(24)26(32)33-22-13-9-18(10-14-22)16-29-30-25(31)17-28-21-12-11-19-5-1-2-6-20(19)15-21/h1-16,28H,17H2,(H,30,31)/b29-16+. The van der Waals surface area contributed by atoms with Crippen LogP contribution in [0.4, 0.5) is 5.69 Å². The highest BCUT2D eigenvalue weighted by atomic mass is 127. The fourth-order valence-corrected chi connectivity index (χ4v) is 3.72. The maximum atomic E-state index is 12.3. The number of rotatable bonds is 7. The number of halogens is 1. The van der Waals surface area contributed by atoms with Gasteiger partial charge in [0.25, 0.3) is 5.91 Å². The molecule has 4 aromatic rings. The van der Waals surface area contributed by atoms with Crippen LogP contribution in [0.15, 0.2) is 96.1 Å². The number of benzene rings is 4. The van der Waals surface area contributed by atoms with Crippen LogP contribution in [0.5, 0.6) is 5.75 Å². The minimum atomic E-state index is -0.410. The first-order chi connectivity index (χ1) is 16.1. The van der Waals surface area contributed by atoms with Crippen molar-refractivity contribution in [1.29, 1.82) is 0 Å². The molecule has 2 N–H and O–H groups in total. The molecule has 33 heavy (non-hydrogen) atoms. The molecule has 1 amide bonds. The molecule has 0 spiro atoms. The van der Waals surface area contributed by atoms with Gasteiger partial charge in [-0.1, -0.05) is 42.5 Å². The monoisotopic (exact) mass is 549 g/mol. The van der Waals surface area contributed by atoms with Crippen molar-refractivity contribution in [2.45, 2.75) is 0 Å². The predicted molar refractivity (Wildman–Crippen MR) is 139 cm³/mol. The lowest BCUT2D eigenvalue weighted by atomic mass is 10.1. The van der Waals surface area contributed by atoms with Crippen molar-refractivity contribution < 1.29 is 14.3 Å². The Morgan fingerprint density at radius 3 is 2.39 bits per heavy atom. The summed E-state index contributed by atoms with van der Waals surface area (Å²) in [5, 5.41) is 9.32. The number of carbonyl (C=O) groups excluding carboxylic acids is 2. The van der Waals surface area contributed by atoms with Crippen molar-refractivity contribution in [3.05, 3.63) is 106 Å². The average molecular weight is 549 g/mol. The van der Waals surface area contributed by atoms with E-state index in [9.17, 15) is 9.59 Å². The number of fused-ring (bicyclic) bond motifs is 1. The second-order valence-corrected chi connectivity index (χ2v) is 8.31. The normalized spacial score (nSPS) is 10.8. The van der Waals surface area contributed by atoms with Gasteiger partial charge < -0.3 is 10.1 Å². The number of hydrazone groups is 1. The van der Waals surface area contributed by atoms with Crippen LogP contribution in [0, 0.1) is 3.57 Å². The average Bonchev–Trinajstić information content (AvgIpc) is 2.84. The zero-order valence-corrected chi connectivity index (χ0v) is 19.7. The van der Waals surface area contributed by atoms with E-state index in [2.05, 4.69) is 38.4 Å². The molecule has 0 heterocycles. The summed E-state index contributed by atoms with van der Waals surface area (Å²) in [4.78, 5) is 24.4. The lowest BCUT2D eigenvalue weighted by Crippen LogP contribution is -2.25. The van der Waals surface area contributed by atoms with E-state index in [4.69, 9.17) is 4.74 Å². The second-order valence-electron chi connectivity index (χ2n) is 7.15. The largest absolute Gasteiger partial charge is 0.423 e. The van der Waals surface area contributed by atoms with Gasteiger partial charge in [0.05, 0.1) is 18.3 Å². The van der Waals surface area contributed by atoms with Crippen molar-refractivity contribution >= 4 is 57.1 Å². The molecule has 0 aliphatic rings. The van der Waals surface area contributed by atoms with Gasteiger partial charge >= 0.3 is 5.97 Å². The molecule has 0 radical (unpaired) electrons. The number of ether oxygens (including phenoxy) is 1. The smallest absolute Gasteiger partial charge is 0.344 e. The number of anilines is 1. The SMILES string of the molecule is O=C(CNc1ccc2ccccc2c1)N/N=C/c1ccc(OC(=O)c2ccccc2I)cc1. The first-order valence-electron chi connectivity index (χ1n) is 10.2. The quantitative estimate of drug-likeness (QED) is 0.109. The molecular weight excluding hydrogens is 529 g/mol. The highest BCUT2D eigenvalue weighted by Gasteiger charge is 2.11. The van der Waals surface area contributed by atoms with E-state index in [1.807, 2.05) is 54.6 Å². The maximum Gasteiger partial charge on any atom is 0.344 e. The molecule has 0 unspecified atom stereocenters. The van der Waals surface area contributed by atoms with Gasteiger partial charge in [0.2, 0.25) is 0 Å². The Morgan fingerprint density at radius 1 is 0.879 bits per heavy atom. The van der Waals surface area contributed by atoms with Crippen LogP contribution in [0.25, 0.3) is 10.8 Å². The van der Waals surface area contributed by atoms with E-state index in [1.54, 1.807) is 36.4 Å². The molecular formula is C26H20IN3O3. The minimum Gasteiger partial charge on any atom is -0.423 e.